The maximum atomic E-state index is 9.71. The van der Waals surface area contributed by atoms with Crippen LogP contribution < -0.4 is 0 Å². The van der Waals surface area contributed by atoms with Gasteiger partial charge in [-0.15, -0.1) is 0 Å². The normalized spacial score (nSPS) is 12.7. The van der Waals surface area contributed by atoms with Crippen LogP contribution >= 0.6 is 0 Å². The van der Waals surface area contributed by atoms with E-state index < -0.39 is 0 Å². The van der Waals surface area contributed by atoms with Crippen LogP contribution in [0.4, 0.5) is 0 Å². The van der Waals surface area contributed by atoms with Crippen molar-refractivity contribution in [3.8, 4) is 0 Å². The molecule has 0 amide bonds. The maximum absolute atomic E-state index is 9.71. The first kappa shape index (κ1) is 14.8. The molecular formula is C19H24O. The minimum absolute atomic E-state index is 0.182. The molecule has 0 fully saturated rings. The van der Waals surface area contributed by atoms with E-state index >= 15 is 0 Å². The van der Waals surface area contributed by atoms with Crippen LogP contribution in [-0.2, 0) is 6.42 Å². The molecule has 0 aliphatic heterocycles. The first-order chi connectivity index (χ1) is 9.61. The Balaban J connectivity index is 2.16. The monoisotopic (exact) mass is 268 g/mol. The lowest BCUT2D eigenvalue weighted by Gasteiger charge is -2.17. The van der Waals surface area contributed by atoms with Gasteiger partial charge in [-0.3, -0.25) is 0 Å². The second-order valence-electron chi connectivity index (χ2n) is 5.84. The van der Waals surface area contributed by atoms with Gasteiger partial charge >= 0.3 is 0 Å². The summed E-state index contributed by atoms with van der Waals surface area (Å²) in [5, 5.41) is 9.71. The van der Waals surface area contributed by atoms with Crippen LogP contribution in [0.5, 0.6) is 0 Å². The Hall–Kier alpha value is -1.60. The molecule has 2 aromatic rings. The number of benzene rings is 2. The number of aliphatic hydroxyl groups is 1. The van der Waals surface area contributed by atoms with Gasteiger partial charge in [-0.25, -0.2) is 0 Å². The topological polar surface area (TPSA) is 20.2 Å². The van der Waals surface area contributed by atoms with E-state index in [9.17, 15) is 5.11 Å². The highest BCUT2D eigenvalue weighted by atomic mass is 16.3. The molecule has 0 bridgehead atoms. The van der Waals surface area contributed by atoms with Crippen LogP contribution in [0.3, 0.4) is 0 Å². The van der Waals surface area contributed by atoms with Crippen molar-refractivity contribution in [2.75, 3.05) is 6.61 Å². The summed E-state index contributed by atoms with van der Waals surface area (Å²) < 4.78 is 0. The minimum Gasteiger partial charge on any atom is -0.396 e. The van der Waals surface area contributed by atoms with Crippen LogP contribution in [0, 0.1) is 6.92 Å². The van der Waals surface area contributed by atoms with Crippen LogP contribution in [0.2, 0.25) is 0 Å². The molecule has 0 aliphatic carbocycles. The largest absolute Gasteiger partial charge is 0.396 e. The summed E-state index contributed by atoms with van der Waals surface area (Å²) in [6.07, 6.45) is 0.889. The van der Waals surface area contributed by atoms with Gasteiger partial charge in [0.25, 0.3) is 0 Å². The molecular weight excluding hydrogens is 244 g/mol. The number of aliphatic hydroxyl groups excluding tert-OH is 1. The third-order valence-corrected chi connectivity index (χ3v) is 3.98. The van der Waals surface area contributed by atoms with Crippen molar-refractivity contribution in [1.29, 1.82) is 0 Å². The molecule has 1 atom stereocenters. The first-order valence-corrected chi connectivity index (χ1v) is 7.37. The van der Waals surface area contributed by atoms with Crippen molar-refractivity contribution in [2.45, 2.75) is 39.0 Å². The Bertz CT molecular complexity index is 540. The van der Waals surface area contributed by atoms with Gasteiger partial charge in [0.1, 0.15) is 0 Å². The lowest BCUT2D eigenvalue weighted by atomic mass is 9.89. The Morgan fingerprint density at radius 3 is 2.15 bits per heavy atom. The standard InChI is InChI=1S/C19H24O/c1-14(2)17-10-8-16(9-11-17)12-18(13-20)19-7-5-4-6-15(19)3/h4-11,14,18,20H,12-13H2,1-3H3. The fraction of sp³-hybridized carbons (Fsp3) is 0.368. The van der Waals surface area contributed by atoms with E-state index in [0.29, 0.717) is 5.92 Å². The highest BCUT2D eigenvalue weighted by molar-refractivity contribution is 5.32. The van der Waals surface area contributed by atoms with Gasteiger partial charge in [0.2, 0.25) is 0 Å². The second-order valence-corrected chi connectivity index (χ2v) is 5.84. The Kier molecular flexibility index (Phi) is 4.97. The zero-order valence-electron chi connectivity index (χ0n) is 12.6. The van der Waals surface area contributed by atoms with Crippen molar-refractivity contribution in [2.24, 2.45) is 0 Å². The van der Waals surface area contributed by atoms with Gasteiger partial charge in [-0.05, 0) is 41.5 Å². The molecule has 1 unspecified atom stereocenters. The zero-order valence-corrected chi connectivity index (χ0v) is 12.6. The van der Waals surface area contributed by atoms with Gasteiger partial charge in [0.15, 0.2) is 0 Å². The third kappa shape index (κ3) is 3.49. The number of aryl methyl sites for hydroxylation is 1. The number of hydrogen-bond acceptors (Lipinski definition) is 1. The van der Waals surface area contributed by atoms with Crippen LogP contribution in [0.25, 0.3) is 0 Å². The third-order valence-electron chi connectivity index (χ3n) is 3.98. The van der Waals surface area contributed by atoms with Gasteiger partial charge in [0, 0.05) is 5.92 Å². The molecule has 0 spiro atoms. The smallest absolute Gasteiger partial charge is 0.0503 e. The summed E-state index contributed by atoms with van der Waals surface area (Å²) in [4.78, 5) is 0. The maximum Gasteiger partial charge on any atom is 0.0503 e. The summed E-state index contributed by atoms with van der Waals surface area (Å²) in [6, 6.07) is 17.1. The van der Waals surface area contributed by atoms with E-state index in [-0.39, 0.29) is 12.5 Å². The summed E-state index contributed by atoms with van der Waals surface area (Å²) in [7, 11) is 0. The quantitative estimate of drug-likeness (QED) is 0.850. The molecule has 20 heavy (non-hydrogen) atoms. The van der Waals surface area contributed by atoms with E-state index in [4.69, 9.17) is 0 Å². The molecule has 106 valence electrons. The van der Waals surface area contributed by atoms with Crippen molar-refractivity contribution in [3.63, 3.8) is 0 Å². The molecule has 2 aromatic carbocycles. The Morgan fingerprint density at radius 1 is 0.950 bits per heavy atom. The van der Waals surface area contributed by atoms with E-state index in [1.165, 1.54) is 22.3 Å². The van der Waals surface area contributed by atoms with Gasteiger partial charge < -0.3 is 5.11 Å². The SMILES string of the molecule is Cc1ccccc1C(CO)Cc1ccc(C(C)C)cc1. The molecule has 0 saturated heterocycles. The van der Waals surface area contributed by atoms with Gasteiger partial charge in [-0.1, -0.05) is 62.4 Å². The van der Waals surface area contributed by atoms with Gasteiger partial charge in [-0.2, -0.15) is 0 Å². The number of rotatable bonds is 5. The Morgan fingerprint density at radius 2 is 1.60 bits per heavy atom. The zero-order chi connectivity index (χ0) is 14.5. The highest BCUT2D eigenvalue weighted by Gasteiger charge is 2.13. The van der Waals surface area contributed by atoms with Crippen LogP contribution in [-0.4, -0.2) is 11.7 Å². The van der Waals surface area contributed by atoms with Crippen molar-refractivity contribution in [3.05, 3.63) is 70.8 Å². The average molecular weight is 268 g/mol. The molecule has 1 heteroatoms. The molecule has 0 aliphatic rings. The molecule has 1 N–H and O–H groups in total. The lowest BCUT2D eigenvalue weighted by molar-refractivity contribution is 0.264. The molecule has 1 nitrogen and oxygen atoms in total. The molecule has 0 heterocycles. The highest BCUT2D eigenvalue weighted by Crippen LogP contribution is 2.24. The average Bonchev–Trinajstić information content (AvgIpc) is 2.46. The summed E-state index contributed by atoms with van der Waals surface area (Å²) in [6.45, 7) is 6.72. The van der Waals surface area contributed by atoms with E-state index in [1.807, 2.05) is 12.1 Å². The fourth-order valence-electron chi connectivity index (χ4n) is 2.64. The minimum atomic E-state index is 0.182. The molecule has 0 radical (unpaired) electrons. The first-order valence-electron chi connectivity index (χ1n) is 7.37. The predicted octanol–water partition coefficient (Wildman–Crippen LogP) is 4.44. The summed E-state index contributed by atoms with van der Waals surface area (Å²) in [5.74, 6) is 0.746. The van der Waals surface area contributed by atoms with Crippen LogP contribution in [0.15, 0.2) is 48.5 Å². The van der Waals surface area contributed by atoms with Crippen molar-refractivity contribution in [1.82, 2.24) is 0 Å². The van der Waals surface area contributed by atoms with E-state index in [2.05, 4.69) is 57.2 Å². The molecule has 0 aromatic heterocycles. The molecule has 2 rings (SSSR count). The molecule has 0 saturated carbocycles. The number of hydrogen-bond donors (Lipinski definition) is 1. The predicted molar refractivity (Wildman–Crippen MR) is 85.2 cm³/mol. The van der Waals surface area contributed by atoms with Crippen molar-refractivity contribution >= 4 is 0 Å². The lowest BCUT2D eigenvalue weighted by Crippen LogP contribution is -2.09. The second kappa shape index (κ2) is 6.71. The fourth-order valence-corrected chi connectivity index (χ4v) is 2.64. The van der Waals surface area contributed by atoms with E-state index in [0.717, 1.165) is 6.42 Å². The Labute approximate surface area is 122 Å². The van der Waals surface area contributed by atoms with Crippen molar-refractivity contribution < 1.29 is 5.11 Å². The summed E-state index contributed by atoms with van der Waals surface area (Å²) >= 11 is 0. The van der Waals surface area contributed by atoms with Crippen LogP contribution in [0.1, 0.15) is 47.9 Å². The summed E-state index contributed by atoms with van der Waals surface area (Å²) in [5.41, 5.74) is 5.16. The van der Waals surface area contributed by atoms with E-state index in [1.54, 1.807) is 0 Å². The van der Waals surface area contributed by atoms with Gasteiger partial charge in [0.05, 0.1) is 6.61 Å².